The number of sulfonamides is 1. The molecule has 3 aromatic carbocycles. The molecule has 8 heteroatoms. The van der Waals surface area contributed by atoms with Gasteiger partial charge in [0.25, 0.3) is 0 Å². The summed E-state index contributed by atoms with van der Waals surface area (Å²) >= 11 is 0. The van der Waals surface area contributed by atoms with Crippen LogP contribution in [-0.2, 0) is 10.0 Å². The minimum atomic E-state index is -3.77. The van der Waals surface area contributed by atoms with Gasteiger partial charge in [-0.15, -0.1) is 0 Å². The Labute approximate surface area is 199 Å². The first-order chi connectivity index (χ1) is 16.3. The predicted octanol–water partition coefficient (Wildman–Crippen LogP) is 4.85. The van der Waals surface area contributed by atoms with E-state index in [9.17, 15) is 13.2 Å². The van der Waals surface area contributed by atoms with Crippen LogP contribution < -0.4 is 10.1 Å². The number of rotatable bonds is 9. The van der Waals surface area contributed by atoms with Gasteiger partial charge in [0.15, 0.2) is 5.78 Å². The van der Waals surface area contributed by atoms with E-state index >= 15 is 0 Å². The first-order valence-corrected chi connectivity index (χ1v) is 12.4. The van der Waals surface area contributed by atoms with Crippen LogP contribution in [0.25, 0.3) is 10.9 Å². The van der Waals surface area contributed by atoms with Crippen molar-refractivity contribution in [2.24, 2.45) is 0 Å². The number of anilines is 1. The molecule has 0 aliphatic heterocycles. The average Bonchev–Trinajstić information content (AvgIpc) is 3.27. The Kier molecular flexibility index (Phi) is 6.72. The second kappa shape index (κ2) is 9.70. The molecular weight excluding hydrogens is 450 g/mol. The zero-order valence-corrected chi connectivity index (χ0v) is 20.1. The molecule has 4 aromatic rings. The van der Waals surface area contributed by atoms with Crippen LogP contribution in [0, 0.1) is 0 Å². The molecule has 1 heterocycles. The fourth-order valence-electron chi connectivity index (χ4n) is 3.81. The summed E-state index contributed by atoms with van der Waals surface area (Å²) in [6.45, 7) is 2.12. The Bertz CT molecular complexity index is 1410. The molecule has 34 heavy (non-hydrogen) atoms. The Hall–Kier alpha value is -3.62. The molecule has 0 fully saturated rings. The molecular formula is C26H27N3O4S. The van der Waals surface area contributed by atoms with Crippen molar-refractivity contribution in [2.75, 3.05) is 26.0 Å². The number of aromatic nitrogens is 1. The monoisotopic (exact) mass is 477 g/mol. The van der Waals surface area contributed by atoms with Crippen LogP contribution in [-0.4, -0.2) is 44.2 Å². The van der Waals surface area contributed by atoms with Crippen molar-refractivity contribution in [1.82, 2.24) is 9.29 Å². The predicted molar refractivity (Wildman–Crippen MR) is 134 cm³/mol. The Morgan fingerprint density at radius 1 is 1.03 bits per heavy atom. The topological polar surface area (TPSA) is 91.5 Å². The van der Waals surface area contributed by atoms with Gasteiger partial charge in [0.05, 0.1) is 6.61 Å². The third-order valence-corrected chi connectivity index (χ3v) is 7.40. The van der Waals surface area contributed by atoms with Gasteiger partial charge in [0, 0.05) is 42.4 Å². The highest BCUT2D eigenvalue weighted by atomic mass is 32.2. The molecule has 0 bridgehead atoms. The molecule has 7 nitrogen and oxygen atoms in total. The number of fused-ring (bicyclic) bond motifs is 1. The number of carbonyl (C=O) groups excluding carboxylic acids is 1. The molecule has 0 aliphatic rings. The molecule has 0 saturated heterocycles. The van der Waals surface area contributed by atoms with Gasteiger partial charge in [-0.05, 0) is 36.8 Å². The number of ketones is 1. The molecule has 0 spiro atoms. The molecule has 2 N–H and O–H groups in total. The third kappa shape index (κ3) is 4.55. The largest absolute Gasteiger partial charge is 0.492 e. The number of ether oxygens (including phenoxy) is 1. The summed E-state index contributed by atoms with van der Waals surface area (Å²) in [6.07, 6.45) is 1.71. The van der Waals surface area contributed by atoms with E-state index in [1.807, 2.05) is 54.6 Å². The molecule has 0 saturated carbocycles. The van der Waals surface area contributed by atoms with Crippen molar-refractivity contribution >= 4 is 32.4 Å². The second-order valence-electron chi connectivity index (χ2n) is 7.98. The summed E-state index contributed by atoms with van der Waals surface area (Å²) in [5.74, 6) is 0.135. The van der Waals surface area contributed by atoms with Gasteiger partial charge >= 0.3 is 0 Å². The lowest BCUT2D eigenvalue weighted by atomic mass is 9.96. The highest BCUT2D eigenvalue weighted by Gasteiger charge is 2.27. The Morgan fingerprint density at radius 2 is 1.74 bits per heavy atom. The van der Waals surface area contributed by atoms with Gasteiger partial charge in [0.2, 0.25) is 10.0 Å². The first-order valence-electron chi connectivity index (χ1n) is 10.9. The maximum atomic E-state index is 13.8. The van der Waals surface area contributed by atoms with Gasteiger partial charge < -0.3 is 15.0 Å². The van der Waals surface area contributed by atoms with E-state index in [-0.39, 0.29) is 16.4 Å². The minimum Gasteiger partial charge on any atom is -0.492 e. The number of para-hydroxylation sites is 1. The number of nitrogens with zero attached hydrogens (tertiary/aromatic N) is 1. The van der Waals surface area contributed by atoms with Crippen molar-refractivity contribution in [3.8, 4) is 5.75 Å². The molecule has 176 valence electrons. The fourth-order valence-corrected chi connectivity index (χ4v) is 4.86. The number of hydrogen-bond donors (Lipinski definition) is 2. The van der Waals surface area contributed by atoms with Crippen molar-refractivity contribution in [1.29, 1.82) is 0 Å². The minimum absolute atomic E-state index is 0.0377. The summed E-state index contributed by atoms with van der Waals surface area (Å²) in [4.78, 5) is 16.9. The molecule has 1 atom stereocenters. The lowest BCUT2D eigenvalue weighted by Gasteiger charge is -2.21. The second-order valence-corrected chi connectivity index (χ2v) is 10.1. The summed E-state index contributed by atoms with van der Waals surface area (Å²) in [5, 5.41) is 4.10. The SMILES string of the molecule is CCOc1ccc(NC(C(=O)c2c[nH]c3ccccc23)c2ccccc2)cc1S(=O)(=O)N(C)C. The molecule has 4 rings (SSSR count). The van der Waals surface area contributed by atoms with Crippen LogP contribution in [0.1, 0.15) is 28.9 Å². The number of carbonyl (C=O) groups is 1. The number of hydrogen-bond acceptors (Lipinski definition) is 5. The van der Waals surface area contributed by atoms with Crippen molar-refractivity contribution < 1.29 is 17.9 Å². The molecule has 0 radical (unpaired) electrons. The summed E-state index contributed by atoms with van der Waals surface area (Å²) in [7, 11) is -0.825. The lowest BCUT2D eigenvalue weighted by Crippen LogP contribution is -2.24. The molecule has 1 unspecified atom stereocenters. The van der Waals surface area contributed by atoms with E-state index in [1.165, 1.54) is 20.2 Å². The summed E-state index contributed by atoms with van der Waals surface area (Å²) in [6, 6.07) is 21.1. The standard InChI is InChI=1S/C26H27N3O4S/c1-4-33-23-15-14-19(16-24(23)34(31,32)29(2)3)28-25(18-10-6-5-7-11-18)26(30)21-17-27-22-13-9-8-12-20(21)22/h5-17,25,27-28H,4H2,1-3H3. The van der Waals surface area contributed by atoms with Crippen LogP contribution in [0.2, 0.25) is 0 Å². The summed E-state index contributed by atoms with van der Waals surface area (Å²) in [5.41, 5.74) is 2.69. The fraction of sp³-hybridized carbons (Fsp3) is 0.192. The molecule has 0 aliphatic carbocycles. The van der Waals surface area contributed by atoms with Gasteiger partial charge in [-0.2, -0.15) is 0 Å². The van der Waals surface area contributed by atoms with Crippen LogP contribution in [0.3, 0.4) is 0 Å². The third-order valence-electron chi connectivity index (χ3n) is 5.56. The van der Waals surface area contributed by atoms with Crippen molar-refractivity contribution in [3.05, 3.63) is 90.1 Å². The van der Waals surface area contributed by atoms with Crippen LogP contribution in [0.5, 0.6) is 5.75 Å². The summed E-state index contributed by atoms with van der Waals surface area (Å²) < 4.78 is 32.6. The van der Waals surface area contributed by atoms with E-state index in [0.29, 0.717) is 17.9 Å². The van der Waals surface area contributed by atoms with Crippen LogP contribution >= 0.6 is 0 Å². The number of benzene rings is 3. The van der Waals surface area contributed by atoms with E-state index in [4.69, 9.17) is 4.74 Å². The zero-order chi connectivity index (χ0) is 24.3. The van der Waals surface area contributed by atoms with Crippen LogP contribution in [0.15, 0.2) is 83.9 Å². The van der Waals surface area contributed by atoms with Crippen LogP contribution in [0.4, 0.5) is 5.69 Å². The van der Waals surface area contributed by atoms with Gasteiger partial charge in [-0.3, -0.25) is 4.79 Å². The lowest BCUT2D eigenvalue weighted by molar-refractivity contribution is 0.0971. The average molecular weight is 478 g/mol. The molecule has 0 amide bonds. The maximum Gasteiger partial charge on any atom is 0.246 e. The number of aromatic amines is 1. The van der Waals surface area contributed by atoms with E-state index < -0.39 is 16.1 Å². The number of nitrogens with one attached hydrogen (secondary N) is 2. The highest BCUT2D eigenvalue weighted by Crippen LogP contribution is 2.32. The van der Waals surface area contributed by atoms with Gasteiger partial charge in [-0.1, -0.05) is 48.5 Å². The highest BCUT2D eigenvalue weighted by molar-refractivity contribution is 7.89. The van der Waals surface area contributed by atoms with Gasteiger partial charge in [-0.25, -0.2) is 12.7 Å². The smallest absolute Gasteiger partial charge is 0.246 e. The van der Waals surface area contributed by atoms with Crippen molar-refractivity contribution in [2.45, 2.75) is 17.9 Å². The normalized spacial score (nSPS) is 12.6. The van der Waals surface area contributed by atoms with Crippen molar-refractivity contribution in [3.63, 3.8) is 0 Å². The van der Waals surface area contributed by atoms with E-state index in [1.54, 1.807) is 25.3 Å². The number of H-pyrrole nitrogens is 1. The zero-order valence-electron chi connectivity index (χ0n) is 19.3. The Balaban J connectivity index is 1.78. The van der Waals surface area contributed by atoms with E-state index in [2.05, 4.69) is 10.3 Å². The quantitative estimate of drug-likeness (QED) is 0.336. The molecule has 1 aromatic heterocycles. The van der Waals surface area contributed by atoms with E-state index in [0.717, 1.165) is 20.8 Å². The maximum absolute atomic E-state index is 13.8. The number of Topliss-reactive ketones (excluding diaryl/α,β-unsaturated/α-hetero) is 1. The Morgan fingerprint density at radius 3 is 2.44 bits per heavy atom. The first kappa shape index (κ1) is 23.5. The van der Waals surface area contributed by atoms with Gasteiger partial charge in [0.1, 0.15) is 16.7 Å².